The highest BCUT2D eigenvalue weighted by Crippen LogP contribution is 2.30. The van der Waals surface area contributed by atoms with Gasteiger partial charge < -0.3 is 14.7 Å². The number of aldehydes is 1. The summed E-state index contributed by atoms with van der Waals surface area (Å²) < 4.78 is 0. The van der Waals surface area contributed by atoms with Gasteiger partial charge in [0.05, 0.1) is 17.1 Å². The highest BCUT2D eigenvalue weighted by molar-refractivity contribution is 7.99. The average Bonchev–Trinajstić information content (AvgIpc) is 3.67. The number of unbranched alkanes of at least 4 members (excludes halogenated alkanes) is 1. The minimum absolute atomic E-state index is 0.00364. The highest BCUT2D eigenvalue weighted by Gasteiger charge is 2.26. The van der Waals surface area contributed by atoms with Crippen molar-refractivity contribution in [3.05, 3.63) is 78.4 Å². The van der Waals surface area contributed by atoms with E-state index >= 15 is 0 Å². The second-order valence-corrected chi connectivity index (χ2v) is 11.3. The summed E-state index contributed by atoms with van der Waals surface area (Å²) in [7, 11) is 0. The second kappa shape index (κ2) is 13.4. The standard InChI is InChI=1S/C31H33N7O2S/c1-21(2)28(20-39)38(29(40)13-7-8-18-41-31-32-26-11-5-6-12-27(26)33-31)19-22-14-16-23(17-15-22)24-9-3-4-10-25(24)30-34-36-37-35-30/h3-6,9-12,14-17,20-21,28H,7-8,13,18-19H2,1-2H3,(H,32,33)(H,34,35,36,37)/t28-/m1/s1. The SMILES string of the molecule is CC(C)[C@@H](C=O)N(Cc1ccc(-c2ccccc2-c2nn[nH]n2)cc1)C(=O)CCCCSc1nc2ccccc2[nH]1. The minimum atomic E-state index is -0.480. The van der Waals surface area contributed by atoms with Crippen LogP contribution in [0.15, 0.2) is 78.0 Å². The molecule has 9 nitrogen and oxygen atoms in total. The third-order valence-electron chi connectivity index (χ3n) is 7.03. The zero-order valence-corrected chi connectivity index (χ0v) is 24.0. The van der Waals surface area contributed by atoms with Gasteiger partial charge in [-0.1, -0.05) is 86.3 Å². The van der Waals surface area contributed by atoms with Crippen molar-refractivity contribution in [3.8, 4) is 22.5 Å². The number of hydrogen-bond donors (Lipinski definition) is 2. The van der Waals surface area contributed by atoms with Crippen LogP contribution in [0.25, 0.3) is 33.5 Å². The molecule has 2 aromatic heterocycles. The summed E-state index contributed by atoms with van der Waals surface area (Å²) in [5.41, 5.74) is 5.82. The van der Waals surface area contributed by atoms with Crippen LogP contribution >= 0.6 is 11.8 Å². The van der Waals surface area contributed by atoms with E-state index in [4.69, 9.17) is 0 Å². The first-order chi connectivity index (χ1) is 20.0. The van der Waals surface area contributed by atoms with Crippen molar-refractivity contribution >= 4 is 35.0 Å². The van der Waals surface area contributed by atoms with E-state index in [1.54, 1.807) is 16.7 Å². The van der Waals surface area contributed by atoms with Crippen LogP contribution < -0.4 is 0 Å². The number of para-hydroxylation sites is 2. The third-order valence-corrected chi connectivity index (χ3v) is 7.98. The zero-order chi connectivity index (χ0) is 28.6. The Labute approximate surface area is 243 Å². The summed E-state index contributed by atoms with van der Waals surface area (Å²) in [4.78, 5) is 35.1. The number of fused-ring (bicyclic) bond motifs is 1. The quantitative estimate of drug-likeness (QED) is 0.103. The van der Waals surface area contributed by atoms with Gasteiger partial charge in [-0.15, -0.1) is 10.2 Å². The Morgan fingerprint density at radius 3 is 2.44 bits per heavy atom. The van der Waals surface area contributed by atoms with Crippen molar-refractivity contribution in [2.45, 2.75) is 50.9 Å². The summed E-state index contributed by atoms with van der Waals surface area (Å²) in [6, 6.07) is 23.4. The Morgan fingerprint density at radius 1 is 0.976 bits per heavy atom. The van der Waals surface area contributed by atoms with Crippen LogP contribution in [0.1, 0.15) is 38.7 Å². The Morgan fingerprint density at radius 2 is 1.73 bits per heavy atom. The fourth-order valence-corrected chi connectivity index (χ4v) is 5.72. The molecule has 5 rings (SSSR count). The third kappa shape index (κ3) is 6.89. The van der Waals surface area contributed by atoms with Crippen LogP contribution in [-0.2, 0) is 16.1 Å². The minimum Gasteiger partial charge on any atom is -0.333 e. The van der Waals surface area contributed by atoms with Gasteiger partial charge in [0.15, 0.2) is 5.16 Å². The van der Waals surface area contributed by atoms with E-state index in [0.29, 0.717) is 18.8 Å². The Bertz CT molecular complexity index is 1550. The Hall–Kier alpha value is -4.31. The second-order valence-electron chi connectivity index (χ2n) is 10.2. The average molecular weight is 568 g/mol. The molecule has 1 atom stereocenters. The van der Waals surface area contributed by atoms with E-state index < -0.39 is 6.04 Å². The lowest BCUT2D eigenvalue weighted by Crippen LogP contribution is -2.43. The number of hydrogen-bond acceptors (Lipinski definition) is 7. The molecule has 0 fully saturated rings. The van der Waals surface area contributed by atoms with Crippen molar-refractivity contribution < 1.29 is 9.59 Å². The first-order valence-corrected chi connectivity index (χ1v) is 14.8. The molecule has 0 bridgehead atoms. The first kappa shape index (κ1) is 28.2. The molecule has 0 saturated heterocycles. The van der Waals surface area contributed by atoms with Gasteiger partial charge in [0, 0.05) is 24.3 Å². The van der Waals surface area contributed by atoms with Gasteiger partial charge in [0.25, 0.3) is 0 Å². The van der Waals surface area contributed by atoms with Gasteiger partial charge in [-0.3, -0.25) is 4.79 Å². The van der Waals surface area contributed by atoms with Gasteiger partial charge in [-0.2, -0.15) is 5.21 Å². The molecule has 1 amide bonds. The fourth-order valence-electron chi connectivity index (χ4n) is 4.83. The summed E-state index contributed by atoms with van der Waals surface area (Å²) >= 11 is 1.66. The molecule has 0 radical (unpaired) electrons. The molecule has 2 N–H and O–H groups in total. The maximum atomic E-state index is 13.4. The molecule has 0 aliphatic heterocycles. The number of carbonyl (C=O) groups is 2. The molecule has 210 valence electrons. The number of aromatic nitrogens is 6. The first-order valence-electron chi connectivity index (χ1n) is 13.8. The molecule has 5 aromatic rings. The fraction of sp³-hybridized carbons (Fsp3) is 0.290. The number of aromatic amines is 2. The molecule has 41 heavy (non-hydrogen) atoms. The van der Waals surface area contributed by atoms with Crippen molar-refractivity contribution in [1.82, 2.24) is 35.5 Å². The number of imidazole rings is 1. The number of tetrazole rings is 1. The molecule has 3 aromatic carbocycles. The van der Waals surface area contributed by atoms with Gasteiger partial charge in [-0.05, 0) is 52.8 Å². The maximum absolute atomic E-state index is 13.4. The van der Waals surface area contributed by atoms with Crippen LogP contribution in [-0.4, -0.2) is 59.5 Å². The number of nitrogens with zero attached hydrogens (tertiary/aromatic N) is 5. The lowest BCUT2D eigenvalue weighted by molar-refractivity contribution is -0.138. The number of thioether (sulfide) groups is 1. The molecule has 0 unspecified atom stereocenters. The predicted octanol–water partition coefficient (Wildman–Crippen LogP) is 5.92. The topological polar surface area (TPSA) is 121 Å². The molecule has 0 saturated carbocycles. The highest BCUT2D eigenvalue weighted by atomic mass is 32.2. The number of nitrogens with one attached hydrogen (secondary N) is 2. The molecule has 10 heteroatoms. The number of rotatable bonds is 13. The molecular weight excluding hydrogens is 534 g/mol. The number of H-pyrrole nitrogens is 2. The maximum Gasteiger partial charge on any atom is 0.223 e. The molecule has 2 heterocycles. The van der Waals surface area contributed by atoms with E-state index in [2.05, 4.69) is 30.6 Å². The van der Waals surface area contributed by atoms with Crippen molar-refractivity contribution in [1.29, 1.82) is 0 Å². The van der Waals surface area contributed by atoms with Gasteiger partial charge in [0.2, 0.25) is 11.7 Å². The van der Waals surface area contributed by atoms with Crippen molar-refractivity contribution in [3.63, 3.8) is 0 Å². The van der Waals surface area contributed by atoms with Crippen LogP contribution in [0, 0.1) is 5.92 Å². The molecule has 0 aliphatic carbocycles. The van der Waals surface area contributed by atoms with Crippen LogP contribution in [0.4, 0.5) is 0 Å². The number of amides is 1. The summed E-state index contributed by atoms with van der Waals surface area (Å²) in [6.45, 7) is 4.32. The van der Waals surface area contributed by atoms with Crippen molar-refractivity contribution in [2.75, 3.05) is 5.75 Å². The number of benzene rings is 3. The van der Waals surface area contributed by atoms with Gasteiger partial charge in [-0.25, -0.2) is 4.98 Å². The molecule has 0 spiro atoms. The van der Waals surface area contributed by atoms with Crippen LogP contribution in [0.5, 0.6) is 0 Å². The van der Waals surface area contributed by atoms with Crippen LogP contribution in [0.3, 0.4) is 0 Å². The summed E-state index contributed by atoms with van der Waals surface area (Å²) in [5.74, 6) is 1.40. The summed E-state index contributed by atoms with van der Waals surface area (Å²) in [6.07, 6.45) is 2.92. The molecular formula is C31H33N7O2S. The van der Waals surface area contributed by atoms with E-state index in [0.717, 1.165) is 63.3 Å². The van der Waals surface area contributed by atoms with E-state index in [9.17, 15) is 9.59 Å². The molecule has 0 aliphatic rings. The van der Waals surface area contributed by atoms with Gasteiger partial charge >= 0.3 is 0 Å². The lowest BCUT2D eigenvalue weighted by Gasteiger charge is -2.31. The van der Waals surface area contributed by atoms with Crippen molar-refractivity contribution in [2.24, 2.45) is 5.92 Å². The summed E-state index contributed by atoms with van der Waals surface area (Å²) in [5, 5.41) is 15.3. The van der Waals surface area contributed by atoms with E-state index in [1.807, 2.05) is 86.6 Å². The monoisotopic (exact) mass is 567 g/mol. The zero-order valence-electron chi connectivity index (χ0n) is 23.2. The predicted molar refractivity (Wildman–Crippen MR) is 161 cm³/mol. The smallest absolute Gasteiger partial charge is 0.223 e. The largest absolute Gasteiger partial charge is 0.333 e. The lowest BCUT2D eigenvalue weighted by atomic mass is 9.97. The van der Waals surface area contributed by atoms with E-state index in [1.165, 1.54) is 0 Å². The Kier molecular flexibility index (Phi) is 9.20. The normalized spacial score (nSPS) is 12.1. The Balaban J connectivity index is 1.21. The van der Waals surface area contributed by atoms with Gasteiger partial charge in [0.1, 0.15) is 6.29 Å². The number of carbonyl (C=O) groups excluding carboxylic acids is 2. The van der Waals surface area contributed by atoms with E-state index in [-0.39, 0.29) is 11.8 Å². The van der Waals surface area contributed by atoms with Crippen LogP contribution in [0.2, 0.25) is 0 Å².